The van der Waals surface area contributed by atoms with E-state index in [1.807, 2.05) is 0 Å². The molecule has 0 radical (unpaired) electrons. The van der Waals surface area contributed by atoms with Crippen LogP contribution in [0.25, 0.3) is 0 Å². The summed E-state index contributed by atoms with van der Waals surface area (Å²) in [6, 6.07) is 0. The Bertz CT molecular complexity index is 163. The van der Waals surface area contributed by atoms with E-state index < -0.39 is 12.8 Å². The van der Waals surface area contributed by atoms with Crippen LogP contribution in [0.1, 0.15) is 32.1 Å². The van der Waals surface area contributed by atoms with Crippen LogP contribution in [0.3, 0.4) is 0 Å². The summed E-state index contributed by atoms with van der Waals surface area (Å²) in [6.07, 6.45) is 4.13. The molecule has 0 amide bonds. The molecule has 2 aliphatic rings. The lowest BCUT2D eigenvalue weighted by Crippen LogP contribution is -2.46. The van der Waals surface area contributed by atoms with Crippen LogP contribution in [-0.4, -0.2) is 6.98 Å². The van der Waals surface area contributed by atoms with E-state index in [4.69, 9.17) is 0 Å². The van der Waals surface area contributed by atoms with E-state index in [1.54, 1.807) is 0 Å². The highest BCUT2D eigenvalue weighted by Gasteiger charge is 2.53. The van der Waals surface area contributed by atoms with Crippen LogP contribution in [0.5, 0.6) is 0 Å². The third kappa shape index (κ3) is 1.07. The summed E-state index contributed by atoms with van der Waals surface area (Å²) >= 11 is 0. The summed E-state index contributed by atoms with van der Waals surface area (Å²) in [5.74, 6) is -0.907. The molecule has 0 aromatic heterocycles. The Morgan fingerprint density at radius 3 is 1.91 bits per heavy atom. The van der Waals surface area contributed by atoms with Gasteiger partial charge in [0.25, 0.3) is 0 Å². The first kappa shape index (κ1) is 7.50. The van der Waals surface area contributed by atoms with Gasteiger partial charge in [0.2, 0.25) is 0 Å². The standard InChI is InChI=1S/C7H11BF3/c9-8(10,11)6-4-7(5-6)2-1-3-7/h6H,1-5H2/q-1. The SMILES string of the molecule is F[B-](F)(F)C1CC2(CCC2)C1. The predicted octanol–water partition coefficient (Wildman–Crippen LogP) is 3.17. The van der Waals surface area contributed by atoms with Crippen molar-refractivity contribution in [1.82, 2.24) is 0 Å². The summed E-state index contributed by atoms with van der Waals surface area (Å²) in [5.41, 5.74) is 0.169. The van der Waals surface area contributed by atoms with Crippen LogP contribution >= 0.6 is 0 Å². The smallest absolute Gasteiger partial charge is 0.449 e. The lowest BCUT2D eigenvalue weighted by Gasteiger charge is -2.57. The zero-order chi connectivity index (χ0) is 8.11. The maximum absolute atomic E-state index is 12.1. The van der Waals surface area contributed by atoms with Crippen LogP contribution in [0.2, 0.25) is 5.82 Å². The minimum Gasteiger partial charge on any atom is -0.449 e. The van der Waals surface area contributed by atoms with E-state index in [-0.39, 0.29) is 5.41 Å². The van der Waals surface area contributed by atoms with Gasteiger partial charge in [0.1, 0.15) is 0 Å². The van der Waals surface area contributed by atoms with Crippen molar-refractivity contribution < 1.29 is 12.9 Å². The summed E-state index contributed by atoms with van der Waals surface area (Å²) in [7, 11) is 0. The maximum atomic E-state index is 12.1. The topological polar surface area (TPSA) is 0 Å². The van der Waals surface area contributed by atoms with E-state index in [0.717, 1.165) is 19.3 Å². The average molecular weight is 163 g/mol. The summed E-state index contributed by atoms with van der Waals surface area (Å²) in [6.45, 7) is -4.51. The molecule has 0 N–H and O–H groups in total. The van der Waals surface area contributed by atoms with Crippen molar-refractivity contribution in [2.75, 3.05) is 0 Å². The minimum atomic E-state index is -4.51. The fraction of sp³-hybridized carbons (Fsp3) is 1.00. The van der Waals surface area contributed by atoms with E-state index in [2.05, 4.69) is 0 Å². The van der Waals surface area contributed by atoms with Crippen LogP contribution in [0.15, 0.2) is 0 Å². The van der Waals surface area contributed by atoms with Gasteiger partial charge in [-0.25, -0.2) is 0 Å². The zero-order valence-electron chi connectivity index (χ0n) is 6.32. The van der Waals surface area contributed by atoms with Gasteiger partial charge in [0.15, 0.2) is 0 Å². The molecular formula is C7H11BF3-. The zero-order valence-corrected chi connectivity index (χ0v) is 6.32. The molecule has 1 spiro atoms. The van der Waals surface area contributed by atoms with Gasteiger partial charge in [0.05, 0.1) is 0 Å². The van der Waals surface area contributed by atoms with Gasteiger partial charge in [-0.3, -0.25) is 0 Å². The fourth-order valence-corrected chi connectivity index (χ4v) is 2.40. The van der Waals surface area contributed by atoms with Crippen LogP contribution in [-0.2, 0) is 0 Å². The molecule has 4 heteroatoms. The van der Waals surface area contributed by atoms with Crippen molar-refractivity contribution in [2.24, 2.45) is 5.41 Å². The third-order valence-electron chi connectivity index (χ3n) is 3.34. The highest BCUT2D eigenvalue weighted by atomic mass is 19.4. The highest BCUT2D eigenvalue weighted by Crippen LogP contribution is 2.64. The highest BCUT2D eigenvalue weighted by molar-refractivity contribution is 6.60. The van der Waals surface area contributed by atoms with E-state index in [9.17, 15) is 12.9 Å². The molecule has 0 heterocycles. The van der Waals surface area contributed by atoms with E-state index in [0.29, 0.717) is 12.8 Å². The number of halogens is 3. The Labute approximate surface area is 64.2 Å². The Morgan fingerprint density at radius 2 is 1.64 bits per heavy atom. The number of rotatable bonds is 1. The van der Waals surface area contributed by atoms with Crippen molar-refractivity contribution in [3.8, 4) is 0 Å². The second-order valence-corrected chi connectivity index (χ2v) is 4.15. The Kier molecular flexibility index (Phi) is 1.34. The van der Waals surface area contributed by atoms with Gasteiger partial charge in [-0.1, -0.05) is 25.1 Å². The number of hydrogen-bond donors (Lipinski definition) is 0. The molecule has 2 rings (SSSR count). The van der Waals surface area contributed by atoms with Crippen molar-refractivity contribution in [2.45, 2.75) is 37.9 Å². The lowest BCUT2D eigenvalue weighted by atomic mass is 9.43. The molecule has 0 unspecified atom stereocenters. The third-order valence-corrected chi connectivity index (χ3v) is 3.34. The first-order valence-corrected chi connectivity index (χ1v) is 4.22. The molecule has 64 valence electrons. The van der Waals surface area contributed by atoms with Crippen LogP contribution in [0, 0.1) is 5.41 Å². The molecule has 0 aromatic rings. The monoisotopic (exact) mass is 163 g/mol. The van der Waals surface area contributed by atoms with Gasteiger partial charge >= 0.3 is 6.98 Å². The molecule has 0 atom stereocenters. The summed E-state index contributed by atoms with van der Waals surface area (Å²) in [5, 5.41) is 0. The van der Waals surface area contributed by atoms with Crippen molar-refractivity contribution in [3.63, 3.8) is 0 Å². The largest absolute Gasteiger partial charge is 0.481 e. The molecule has 0 aromatic carbocycles. The van der Waals surface area contributed by atoms with Crippen molar-refractivity contribution >= 4 is 6.98 Å². The molecular weight excluding hydrogens is 152 g/mol. The quantitative estimate of drug-likeness (QED) is 0.520. The van der Waals surface area contributed by atoms with E-state index in [1.165, 1.54) is 0 Å². The van der Waals surface area contributed by atoms with Gasteiger partial charge < -0.3 is 12.9 Å². The van der Waals surface area contributed by atoms with Crippen molar-refractivity contribution in [1.29, 1.82) is 0 Å². The number of hydrogen-bond acceptors (Lipinski definition) is 0. The minimum absolute atomic E-state index is 0.169. The van der Waals surface area contributed by atoms with Crippen LogP contribution in [0.4, 0.5) is 12.9 Å². The van der Waals surface area contributed by atoms with Gasteiger partial charge in [-0.2, -0.15) is 0 Å². The van der Waals surface area contributed by atoms with E-state index >= 15 is 0 Å². The fourth-order valence-electron chi connectivity index (χ4n) is 2.40. The Hall–Kier alpha value is -0.145. The normalized spacial score (nSPS) is 29.7. The molecule has 2 aliphatic carbocycles. The molecule has 0 bridgehead atoms. The molecule has 0 nitrogen and oxygen atoms in total. The van der Waals surface area contributed by atoms with Crippen LogP contribution < -0.4 is 0 Å². The first-order chi connectivity index (χ1) is 5.02. The molecule has 0 saturated heterocycles. The average Bonchev–Trinajstić information content (AvgIpc) is 1.49. The van der Waals surface area contributed by atoms with Gasteiger partial charge in [-0.15, -0.1) is 0 Å². The van der Waals surface area contributed by atoms with Gasteiger partial charge in [0, 0.05) is 0 Å². The molecule has 0 aliphatic heterocycles. The molecule has 11 heavy (non-hydrogen) atoms. The van der Waals surface area contributed by atoms with Crippen molar-refractivity contribution in [3.05, 3.63) is 0 Å². The summed E-state index contributed by atoms with van der Waals surface area (Å²) in [4.78, 5) is 0. The Morgan fingerprint density at radius 1 is 1.09 bits per heavy atom. The predicted molar refractivity (Wildman–Crippen MR) is 38.3 cm³/mol. The van der Waals surface area contributed by atoms with Gasteiger partial charge in [-0.05, 0) is 18.3 Å². The second-order valence-electron chi connectivity index (χ2n) is 4.15. The molecule has 2 saturated carbocycles. The second kappa shape index (κ2) is 1.96. The molecule has 2 fully saturated rings. The first-order valence-electron chi connectivity index (χ1n) is 4.22. The summed E-state index contributed by atoms with van der Waals surface area (Å²) < 4.78 is 36.2. The lowest BCUT2D eigenvalue weighted by molar-refractivity contribution is 0.0188. The Balaban J connectivity index is 1.88. The maximum Gasteiger partial charge on any atom is 0.481 e.